The number of rotatable bonds is 2. The van der Waals surface area contributed by atoms with E-state index in [1.807, 2.05) is 25.1 Å². The smallest absolute Gasteiger partial charge is 0.328 e. The summed E-state index contributed by atoms with van der Waals surface area (Å²) in [4.78, 5) is 15.6. The molecule has 2 aromatic rings. The molecule has 0 aliphatic carbocycles. The molecular weight excluding hydrogens is 256 g/mol. The number of aromatic nitrogens is 3. The lowest BCUT2D eigenvalue weighted by Gasteiger charge is -2.27. The molecule has 0 fully saturated rings. The van der Waals surface area contributed by atoms with Gasteiger partial charge in [-0.05, 0) is 30.9 Å². The molecule has 20 heavy (non-hydrogen) atoms. The zero-order chi connectivity index (χ0) is 14.3. The number of aryl methyl sites for hydroxylation is 1. The molecule has 104 valence electrons. The molecule has 1 aromatic carbocycles. The minimum atomic E-state index is -0.889. The molecule has 2 heterocycles. The molecule has 0 radical (unpaired) electrons. The lowest BCUT2D eigenvalue weighted by molar-refractivity contribution is -0.141. The molecule has 0 amide bonds. The first kappa shape index (κ1) is 12.7. The Morgan fingerprint density at radius 3 is 2.85 bits per heavy atom. The maximum Gasteiger partial charge on any atom is 0.328 e. The summed E-state index contributed by atoms with van der Waals surface area (Å²) in [7, 11) is 0. The van der Waals surface area contributed by atoms with Crippen LogP contribution in [0.2, 0.25) is 0 Å². The molecule has 0 saturated heterocycles. The van der Waals surface area contributed by atoms with Gasteiger partial charge in [-0.25, -0.2) is 9.48 Å². The SMILES string of the molecule is Cc1ccccc1C1CCC(C(=O)O)n2nc(N)nc21. The summed E-state index contributed by atoms with van der Waals surface area (Å²) < 4.78 is 1.47. The van der Waals surface area contributed by atoms with Crippen LogP contribution in [0.3, 0.4) is 0 Å². The summed E-state index contributed by atoms with van der Waals surface area (Å²) >= 11 is 0. The summed E-state index contributed by atoms with van der Waals surface area (Å²) in [5, 5.41) is 13.3. The summed E-state index contributed by atoms with van der Waals surface area (Å²) in [6, 6.07) is 7.39. The molecule has 1 aliphatic rings. The van der Waals surface area contributed by atoms with Crippen LogP contribution in [-0.2, 0) is 4.79 Å². The number of nitrogens with two attached hydrogens (primary N) is 1. The first-order valence-corrected chi connectivity index (χ1v) is 6.58. The topological polar surface area (TPSA) is 94.0 Å². The van der Waals surface area contributed by atoms with Gasteiger partial charge in [-0.1, -0.05) is 24.3 Å². The van der Waals surface area contributed by atoms with Crippen LogP contribution in [0.1, 0.15) is 41.8 Å². The number of hydrogen-bond acceptors (Lipinski definition) is 4. The summed E-state index contributed by atoms with van der Waals surface area (Å²) in [5.74, 6) is -0.0573. The minimum absolute atomic E-state index is 0.0524. The Labute approximate surface area is 116 Å². The van der Waals surface area contributed by atoms with Crippen molar-refractivity contribution in [3.63, 3.8) is 0 Å². The fourth-order valence-electron chi connectivity index (χ4n) is 2.90. The molecule has 1 aliphatic heterocycles. The van der Waals surface area contributed by atoms with Crippen LogP contribution in [0, 0.1) is 6.92 Å². The summed E-state index contributed by atoms with van der Waals surface area (Å²) in [6.07, 6.45) is 1.27. The normalized spacial score (nSPS) is 21.4. The Morgan fingerprint density at radius 2 is 2.15 bits per heavy atom. The average molecular weight is 272 g/mol. The molecule has 6 heteroatoms. The lowest BCUT2D eigenvalue weighted by Crippen LogP contribution is -2.29. The van der Waals surface area contributed by atoms with Crippen LogP contribution in [0.5, 0.6) is 0 Å². The minimum Gasteiger partial charge on any atom is -0.480 e. The van der Waals surface area contributed by atoms with Gasteiger partial charge in [-0.3, -0.25) is 0 Å². The number of carbonyl (C=O) groups is 1. The Hall–Kier alpha value is -2.37. The Bertz CT molecular complexity index is 665. The Balaban J connectivity index is 2.09. The Morgan fingerprint density at radius 1 is 1.40 bits per heavy atom. The van der Waals surface area contributed by atoms with Gasteiger partial charge in [0.2, 0.25) is 5.95 Å². The van der Waals surface area contributed by atoms with Crippen molar-refractivity contribution in [3.8, 4) is 0 Å². The zero-order valence-corrected chi connectivity index (χ0v) is 11.2. The van der Waals surface area contributed by atoms with E-state index in [9.17, 15) is 9.90 Å². The predicted octanol–water partition coefficient (Wildman–Crippen LogP) is 1.72. The molecule has 1 aromatic heterocycles. The van der Waals surface area contributed by atoms with Gasteiger partial charge in [0.1, 0.15) is 5.82 Å². The summed E-state index contributed by atoms with van der Waals surface area (Å²) in [5.41, 5.74) is 7.99. The quantitative estimate of drug-likeness (QED) is 0.868. The number of anilines is 1. The molecule has 0 bridgehead atoms. The van der Waals surface area contributed by atoms with Crippen molar-refractivity contribution >= 4 is 11.9 Å². The van der Waals surface area contributed by atoms with E-state index in [4.69, 9.17) is 5.73 Å². The second-order valence-corrected chi connectivity index (χ2v) is 5.11. The average Bonchev–Trinajstić information content (AvgIpc) is 2.79. The second kappa shape index (κ2) is 4.63. The van der Waals surface area contributed by atoms with Gasteiger partial charge in [-0.2, -0.15) is 4.98 Å². The van der Waals surface area contributed by atoms with Crippen molar-refractivity contribution in [2.45, 2.75) is 31.7 Å². The van der Waals surface area contributed by atoms with Gasteiger partial charge in [0, 0.05) is 5.92 Å². The number of carboxylic acids is 1. The van der Waals surface area contributed by atoms with Gasteiger partial charge in [0.15, 0.2) is 6.04 Å². The molecule has 2 atom stereocenters. The van der Waals surface area contributed by atoms with Gasteiger partial charge in [0.25, 0.3) is 0 Å². The number of nitrogens with zero attached hydrogens (tertiary/aromatic N) is 3. The van der Waals surface area contributed by atoms with E-state index >= 15 is 0 Å². The highest BCUT2D eigenvalue weighted by Gasteiger charge is 2.35. The number of carboxylic acid groups (broad SMARTS) is 1. The fraction of sp³-hybridized carbons (Fsp3) is 0.357. The molecular formula is C14H16N4O2. The van der Waals surface area contributed by atoms with Crippen LogP contribution in [0.4, 0.5) is 5.95 Å². The number of hydrogen-bond donors (Lipinski definition) is 2. The number of aliphatic carboxylic acids is 1. The molecule has 3 rings (SSSR count). The predicted molar refractivity (Wildman–Crippen MR) is 73.4 cm³/mol. The van der Waals surface area contributed by atoms with Gasteiger partial charge in [-0.15, -0.1) is 5.10 Å². The van der Waals surface area contributed by atoms with Gasteiger partial charge in [0.05, 0.1) is 0 Å². The second-order valence-electron chi connectivity index (χ2n) is 5.11. The summed E-state index contributed by atoms with van der Waals surface area (Å²) in [6.45, 7) is 2.04. The van der Waals surface area contributed by atoms with Crippen LogP contribution in [0.25, 0.3) is 0 Å². The van der Waals surface area contributed by atoms with E-state index in [2.05, 4.69) is 16.1 Å². The van der Waals surface area contributed by atoms with Crippen molar-refractivity contribution in [1.29, 1.82) is 0 Å². The zero-order valence-electron chi connectivity index (χ0n) is 11.2. The molecule has 6 nitrogen and oxygen atoms in total. The monoisotopic (exact) mass is 272 g/mol. The maximum atomic E-state index is 11.3. The van der Waals surface area contributed by atoms with Crippen molar-refractivity contribution < 1.29 is 9.90 Å². The van der Waals surface area contributed by atoms with Crippen LogP contribution in [0.15, 0.2) is 24.3 Å². The van der Waals surface area contributed by atoms with E-state index in [-0.39, 0.29) is 11.9 Å². The van der Waals surface area contributed by atoms with E-state index in [1.165, 1.54) is 10.2 Å². The van der Waals surface area contributed by atoms with Crippen molar-refractivity contribution in [2.24, 2.45) is 0 Å². The van der Waals surface area contributed by atoms with Gasteiger partial charge < -0.3 is 10.8 Å². The highest BCUT2D eigenvalue weighted by atomic mass is 16.4. The molecule has 0 spiro atoms. The Kier molecular flexibility index (Phi) is 2.93. The standard InChI is InChI=1S/C14H16N4O2/c1-8-4-2-3-5-9(8)10-6-7-11(13(19)20)18-12(10)16-14(15)17-18/h2-5,10-11H,6-7H2,1H3,(H2,15,17)(H,19,20). The molecule has 2 unspecified atom stereocenters. The number of nitrogen functional groups attached to an aromatic ring is 1. The maximum absolute atomic E-state index is 11.3. The third-order valence-electron chi connectivity index (χ3n) is 3.86. The molecule has 0 saturated carbocycles. The number of benzene rings is 1. The third kappa shape index (κ3) is 1.93. The highest BCUT2D eigenvalue weighted by Crippen LogP contribution is 2.38. The fourth-order valence-corrected chi connectivity index (χ4v) is 2.90. The van der Waals surface area contributed by atoms with Crippen LogP contribution in [-0.4, -0.2) is 25.8 Å². The van der Waals surface area contributed by atoms with Crippen molar-refractivity contribution in [1.82, 2.24) is 14.8 Å². The van der Waals surface area contributed by atoms with E-state index < -0.39 is 12.0 Å². The lowest BCUT2D eigenvalue weighted by atomic mass is 9.86. The first-order valence-electron chi connectivity index (χ1n) is 6.58. The number of fused-ring (bicyclic) bond motifs is 1. The molecule has 3 N–H and O–H groups in total. The van der Waals surface area contributed by atoms with Crippen molar-refractivity contribution in [3.05, 3.63) is 41.2 Å². The van der Waals surface area contributed by atoms with E-state index in [1.54, 1.807) is 0 Å². The van der Waals surface area contributed by atoms with Crippen molar-refractivity contribution in [2.75, 3.05) is 5.73 Å². The highest BCUT2D eigenvalue weighted by molar-refractivity contribution is 5.72. The van der Waals surface area contributed by atoms with Gasteiger partial charge >= 0.3 is 5.97 Å². The van der Waals surface area contributed by atoms with E-state index in [0.29, 0.717) is 12.2 Å². The van der Waals surface area contributed by atoms with E-state index in [0.717, 1.165) is 12.0 Å². The van der Waals surface area contributed by atoms with Crippen LogP contribution < -0.4 is 5.73 Å². The third-order valence-corrected chi connectivity index (χ3v) is 3.86. The largest absolute Gasteiger partial charge is 0.480 e. The first-order chi connectivity index (χ1) is 9.58. The van der Waals surface area contributed by atoms with Crippen LogP contribution >= 0.6 is 0 Å².